The van der Waals surface area contributed by atoms with E-state index in [1.807, 2.05) is 24.6 Å². The Morgan fingerprint density at radius 1 is 1.28 bits per heavy atom. The van der Waals surface area contributed by atoms with Crippen LogP contribution in [0, 0.1) is 6.92 Å². The molecule has 18 heavy (non-hydrogen) atoms. The molecule has 6 heteroatoms. The number of aliphatic hydroxyl groups is 1. The first kappa shape index (κ1) is 12.8. The molecule has 1 unspecified atom stereocenters. The third kappa shape index (κ3) is 2.28. The van der Waals surface area contributed by atoms with Crippen molar-refractivity contribution < 1.29 is 5.11 Å². The van der Waals surface area contributed by atoms with Crippen molar-refractivity contribution in [3.8, 4) is 0 Å². The smallest absolute Gasteiger partial charge is 0.139 e. The largest absolute Gasteiger partial charge is 0.380 e. The van der Waals surface area contributed by atoms with Gasteiger partial charge in [-0.15, -0.1) is 5.10 Å². The standard InChI is InChI=1S/C12H19N5O/c1-4-6-17-11(8-13-15-17)12(18)10-7-9(3)14-16(10)5-2/h7-8,12,18H,4-6H2,1-3H3. The van der Waals surface area contributed by atoms with Crippen LogP contribution in [0.2, 0.25) is 0 Å². The highest BCUT2D eigenvalue weighted by Crippen LogP contribution is 2.22. The van der Waals surface area contributed by atoms with Gasteiger partial charge in [0.1, 0.15) is 6.10 Å². The van der Waals surface area contributed by atoms with Gasteiger partial charge in [0.15, 0.2) is 0 Å². The van der Waals surface area contributed by atoms with Crippen LogP contribution in [0.4, 0.5) is 0 Å². The van der Waals surface area contributed by atoms with E-state index in [9.17, 15) is 5.11 Å². The average molecular weight is 249 g/mol. The fraction of sp³-hybridized carbons (Fsp3) is 0.583. The molecule has 2 aromatic heterocycles. The second-order valence-electron chi connectivity index (χ2n) is 4.31. The van der Waals surface area contributed by atoms with Crippen LogP contribution in [-0.4, -0.2) is 29.9 Å². The third-order valence-electron chi connectivity index (χ3n) is 2.88. The van der Waals surface area contributed by atoms with Gasteiger partial charge in [-0.25, -0.2) is 4.68 Å². The lowest BCUT2D eigenvalue weighted by molar-refractivity contribution is 0.195. The van der Waals surface area contributed by atoms with Gasteiger partial charge in [-0.2, -0.15) is 5.10 Å². The van der Waals surface area contributed by atoms with E-state index in [1.165, 1.54) is 0 Å². The SMILES string of the molecule is CCCn1nncc1C(O)c1cc(C)nn1CC. The summed E-state index contributed by atoms with van der Waals surface area (Å²) in [5.41, 5.74) is 2.40. The second-order valence-corrected chi connectivity index (χ2v) is 4.31. The summed E-state index contributed by atoms with van der Waals surface area (Å²) >= 11 is 0. The summed E-state index contributed by atoms with van der Waals surface area (Å²) in [4.78, 5) is 0. The Morgan fingerprint density at radius 2 is 2.06 bits per heavy atom. The summed E-state index contributed by atoms with van der Waals surface area (Å²) in [6.07, 6.45) is 1.84. The minimum absolute atomic E-state index is 0.714. The molecule has 0 radical (unpaired) electrons. The molecule has 0 aliphatic rings. The summed E-state index contributed by atoms with van der Waals surface area (Å²) in [6.45, 7) is 7.48. The molecule has 6 nitrogen and oxygen atoms in total. The fourth-order valence-electron chi connectivity index (χ4n) is 2.05. The maximum absolute atomic E-state index is 10.5. The van der Waals surface area contributed by atoms with Crippen molar-refractivity contribution in [3.05, 3.63) is 29.3 Å². The fourth-order valence-corrected chi connectivity index (χ4v) is 2.05. The van der Waals surface area contributed by atoms with Crippen LogP contribution in [0.1, 0.15) is 43.5 Å². The Kier molecular flexibility index (Phi) is 3.76. The van der Waals surface area contributed by atoms with Gasteiger partial charge >= 0.3 is 0 Å². The minimum Gasteiger partial charge on any atom is -0.380 e. The van der Waals surface area contributed by atoms with Crippen molar-refractivity contribution in [3.63, 3.8) is 0 Å². The molecule has 2 heterocycles. The van der Waals surface area contributed by atoms with E-state index >= 15 is 0 Å². The Bertz CT molecular complexity index is 516. The minimum atomic E-state index is -0.729. The Labute approximate surface area is 106 Å². The van der Waals surface area contributed by atoms with E-state index in [-0.39, 0.29) is 0 Å². The Morgan fingerprint density at radius 3 is 2.72 bits per heavy atom. The number of nitrogens with zero attached hydrogens (tertiary/aromatic N) is 5. The molecule has 0 aliphatic carbocycles. The number of rotatable bonds is 5. The topological polar surface area (TPSA) is 68.8 Å². The van der Waals surface area contributed by atoms with Crippen molar-refractivity contribution in [2.75, 3.05) is 0 Å². The lowest BCUT2D eigenvalue weighted by Gasteiger charge is -2.13. The van der Waals surface area contributed by atoms with Gasteiger partial charge in [-0.1, -0.05) is 12.1 Å². The van der Waals surface area contributed by atoms with Gasteiger partial charge in [-0.3, -0.25) is 4.68 Å². The first-order chi connectivity index (χ1) is 8.67. The highest BCUT2D eigenvalue weighted by molar-refractivity contribution is 5.20. The highest BCUT2D eigenvalue weighted by atomic mass is 16.3. The summed E-state index contributed by atoms with van der Waals surface area (Å²) in [5, 5.41) is 22.7. The Balaban J connectivity index is 2.34. The number of aromatic nitrogens is 5. The summed E-state index contributed by atoms with van der Waals surface area (Å²) in [7, 11) is 0. The summed E-state index contributed by atoms with van der Waals surface area (Å²) in [6, 6.07) is 1.90. The van der Waals surface area contributed by atoms with Crippen molar-refractivity contribution in [2.45, 2.75) is 46.4 Å². The zero-order valence-electron chi connectivity index (χ0n) is 11.0. The molecule has 0 bridgehead atoms. The van der Waals surface area contributed by atoms with Crippen molar-refractivity contribution in [2.24, 2.45) is 0 Å². The van der Waals surface area contributed by atoms with Crippen LogP contribution in [0.5, 0.6) is 0 Å². The maximum Gasteiger partial charge on any atom is 0.139 e. The number of aliphatic hydroxyl groups excluding tert-OH is 1. The molecule has 0 aromatic carbocycles. The number of hydrogen-bond donors (Lipinski definition) is 1. The van der Waals surface area contributed by atoms with Crippen LogP contribution in [-0.2, 0) is 13.1 Å². The normalized spacial score (nSPS) is 12.9. The molecule has 0 saturated carbocycles. The molecule has 0 aliphatic heterocycles. The van der Waals surface area contributed by atoms with E-state index in [1.54, 1.807) is 10.9 Å². The molecular weight excluding hydrogens is 230 g/mol. The number of aryl methyl sites for hydroxylation is 3. The molecule has 98 valence electrons. The Hall–Kier alpha value is -1.69. The monoisotopic (exact) mass is 249 g/mol. The molecule has 2 aromatic rings. The van der Waals surface area contributed by atoms with Gasteiger partial charge in [0, 0.05) is 13.1 Å². The van der Waals surface area contributed by atoms with E-state index in [4.69, 9.17) is 0 Å². The van der Waals surface area contributed by atoms with Crippen LogP contribution in [0.25, 0.3) is 0 Å². The van der Waals surface area contributed by atoms with E-state index < -0.39 is 6.10 Å². The van der Waals surface area contributed by atoms with Gasteiger partial charge < -0.3 is 5.11 Å². The van der Waals surface area contributed by atoms with E-state index in [2.05, 4.69) is 22.3 Å². The molecule has 0 saturated heterocycles. The first-order valence-corrected chi connectivity index (χ1v) is 6.28. The quantitative estimate of drug-likeness (QED) is 0.867. The lowest BCUT2D eigenvalue weighted by Crippen LogP contribution is -2.14. The maximum atomic E-state index is 10.5. The van der Waals surface area contributed by atoms with Crippen LogP contribution < -0.4 is 0 Å². The molecule has 0 spiro atoms. The lowest BCUT2D eigenvalue weighted by atomic mass is 10.2. The van der Waals surface area contributed by atoms with Crippen LogP contribution >= 0.6 is 0 Å². The average Bonchev–Trinajstić information content (AvgIpc) is 2.95. The first-order valence-electron chi connectivity index (χ1n) is 6.28. The van der Waals surface area contributed by atoms with Gasteiger partial charge in [0.25, 0.3) is 0 Å². The zero-order valence-corrected chi connectivity index (χ0v) is 11.0. The molecule has 0 fully saturated rings. The summed E-state index contributed by atoms with van der Waals surface area (Å²) < 4.78 is 3.55. The van der Waals surface area contributed by atoms with Crippen LogP contribution in [0.15, 0.2) is 12.3 Å². The van der Waals surface area contributed by atoms with Crippen molar-refractivity contribution in [1.29, 1.82) is 0 Å². The molecule has 1 N–H and O–H groups in total. The summed E-state index contributed by atoms with van der Waals surface area (Å²) in [5.74, 6) is 0. The second kappa shape index (κ2) is 5.30. The van der Waals surface area contributed by atoms with E-state index in [0.717, 1.165) is 30.9 Å². The molecule has 1 atom stereocenters. The van der Waals surface area contributed by atoms with Gasteiger partial charge in [0.2, 0.25) is 0 Å². The molecule has 0 amide bonds. The van der Waals surface area contributed by atoms with Crippen molar-refractivity contribution >= 4 is 0 Å². The van der Waals surface area contributed by atoms with E-state index in [0.29, 0.717) is 5.69 Å². The molecule has 2 rings (SSSR count). The highest BCUT2D eigenvalue weighted by Gasteiger charge is 2.20. The predicted octanol–water partition coefficient (Wildman–Crippen LogP) is 1.29. The zero-order chi connectivity index (χ0) is 13.1. The van der Waals surface area contributed by atoms with Gasteiger partial charge in [0.05, 0.1) is 23.3 Å². The number of hydrogen-bond acceptors (Lipinski definition) is 4. The predicted molar refractivity (Wildman–Crippen MR) is 67.0 cm³/mol. The third-order valence-corrected chi connectivity index (χ3v) is 2.88. The van der Waals surface area contributed by atoms with Gasteiger partial charge in [-0.05, 0) is 26.3 Å². The molecular formula is C12H19N5O. The van der Waals surface area contributed by atoms with Crippen LogP contribution in [0.3, 0.4) is 0 Å². The van der Waals surface area contributed by atoms with Crippen molar-refractivity contribution in [1.82, 2.24) is 24.8 Å².